The summed E-state index contributed by atoms with van der Waals surface area (Å²) >= 11 is 1.34. The fraction of sp³-hybridized carbons (Fsp3) is 0.542. The lowest BCUT2D eigenvalue weighted by Gasteiger charge is -2.58. The second-order valence-electron chi connectivity index (χ2n) is 9.64. The van der Waals surface area contributed by atoms with Crippen LogP contribution in [0.15, 0.2) is 24.3 Å². The summed E-state index contributed by atoms with van der Waals surface area (Å²) in [5, 5.41) is 33.9. The van der Waals surface area contributed by atoms with Gasteiger partial charge in [-0.05, 0) is 54.9 Å². The van der Waals surface area contributed by atoms with Gasteiger partial charge in [-0.2, -0.15) is 0 Å². The van der Waals surface area contributed by atoms with Gasteiger partial charge in [0.05, 0.1) is 31.9 Å². The van der Waals surface area contributed by atoms with E-state index in [1.807, 2.05) is 6.92 Å². The van der Waals surface area contributed by atoms with Gasteiger partial charge in [0.2, 0.25) is 0 Å². The van der Waals surface area contributed by atoms with Crippen LogP contribution in [0.4, 0.5) is 5.13 Å². The van der Waals surface area contributed by atoms with Gasteiger partial charge in [0.1, 0.15) is 5.75 Å². The third-order valence-electron chi connectivity index (χ3n) is 7.85. The molecule has 1 fully saturated rings. The van der Waals surface area contributed by atoms with Crippen molar-refractivity contribution in [3.63, 3.8) is 0 Å². The first-order valence-corrected chi connectivity index (χ1v) is 11.9. The van der Waals surface area contributed by atoms with Gasteiger partial charge in [-0.3, -0.25) is 14.9 Å². The van der Waals surface area contributed by atoms with Crippen LogP contribution in [-0.4, -0.2) is 52.0 Å². The number of aliphatic carboxylic acids is 1. The van der Waals surface area contributed by atoms with Gasteiger partial charge in [0.25, 0.3) is 5.91 Å². The van der Waals surface area contributed by atoms with Crippen LogP contribution in [0.5, 0.6) is 5.75 Å². The maximum Gasteiger partial charge on any atom is 0.304 e. The number of thiazole rings is 1. The molecule has 178 valence electrons. The van der Waals surface area contributed by atoms with E-state index in [2.05, 4.69) is 17.2 Å². The lowest BCUT2D eigenvalue weighted by molar-refractivity contribution is -0.150. The normalized spacial score (nSPS) is 30.8. The van der Waals surface area contributed by atoms with Crippen LogP contribution in [-0.2, 0) is 11.2 Å². The number of aromatic nitrogens is 1. The molecule has 1 amide bonds. The summed E-state index contributed by atoms with van der Waals surface area (Å²) in [5.41, 5.74) is -0.00344. The monoisotopic (exact) mass is 474 g/mol. The fourth-order valence-electron chi connectivity index (χ4n) is 5.79. The zero-order chi connectivity index (χ0) is 24.0. The summed E-state index contributed by atoms with van der Waals surface area (Å²) in [4.78, 5) is 30.1. The predicted molar refractivity (Wildman–Crippen MR) is 124 cm³/mol. The number of nitrogens with one attached hydrogen (secondary N) is 1. The number of ether oxygens (including phenoxy) is 1. The molecule has 0 aliphatic heterocycles. The molecule has 0 saturated heterocycles. The second kappa shape index (κ2) is 8.70. The first-order valence-electron chi connectivity index (χ1n) is 11.1. The molecule has 0 radical (unpaired) electrons. The first kappa shape index (κ1) is 23.7. The van der Waals surface area contributed by atoms with Crippen molar-refractivity contribution >= 4 is 28.3 Å². The maximum absolute atomic E-state index is 12.7. The quantitative estimate of drug-likeness (QED) is 0.506. The third kappa shape index (κ3) is 4.02. The topological polar surface area (TPSA) is 129 Å². The Morgan fingerprint density at radius 1 is 1.27 bits per heavy atom. The minimum atomic E-state index is -0.915. The van der Waals surface area contributed by atoms with Crippen LogP contribution >= 0.6 is 11.3 Å². The van der Waals surface area contributed by atoms with E-state index in [1.54, 1.807) is 31.4 Å². The van der Waals surface area contributed by atoms with Crippen molar-refractivity contribution in [1.29, 1.82) is 0 Å². The van der Waals surface area contributed by atoms with Gasteiger partial charge in [0, 0.05) is 21.8 Å². The van der Waals surface area contributed by atoms with Crippen molar-refractivity contribution in [3.8, 4) is 5.75 Å². The Bertz CT molecular complexity index is 1050. The van der Waals surface area contributed by atoms with Crippen molar-refractivity contribution in [3.05, 3.63) is 40.4 Å². The van der Waals surface area contributed by atoms with Gasteiger partial charge in [-0.1, -0.05) is 13.8 Å². The molecule has 2 aliphatic rings. The number of benzene rings is 1. The van der Waals surface area contributed by atoms with E-state index in [0.717, 1.165) is 4.88 Å². The molecule has 2 aromatic rings. The average molecular weight is 475 g/mol. The van der Waals surface area contributed by atoms with E-state index in [4.69, 9.17) is 4.74 Å². The van der Waals surface area contributed by atoms with Crippen molar-refractivity contribution in [2.45, 2.75) is 51.6 Å². The van der Waals surface area contributed by atoms with E-state index >= 15 is 0 Å². The van der Waals surface area contributed by atoms with Crippen LogP contribution in [0.2, 0.25) is 0 Å². The molecule has 1 saturated carbocycles. The smallest absolute Gasteiger partial charge is 0.304 e. The van der Waals surface area contributed by atoms with E-state index in [-0.39, 0.29) is 30.8 Å². The first-order chi connectivity index (χ1) is 15.6. The second-order valence-corrected chi connectivity index (χ2v) is 10.7. The van der Waals surface area contributed by atoms with Crippen molar-refractivity contribution in [2.75, 3.05) is 19.0 Å². The Morgan fingerprint density at radius 2 is 1.97 bits per heavy atom. The van der Waals surface area contributed by atoms with Gasteiger partial charge < -0.3 is 20.1 Å². The molecule has 1 aromatic heterocycles. The SMILES string of the molecule is COc1ccc(C(=O)Nc2nc3c(s2)CC2C(C)(CO)C(O)CCC2(C)C3CC(=O)O)cc1. The number of anilines is 1. The van der Waals surface area contributed by atoms with E-state index in [1.165, 1.54) is 11.3 Å². The molecule has 1 aromatic carbocycles. The number of aliphatic hydroxyl groups excluding tert-OH is 2. The van der Waals surface area contributed by atoms with Crippen LogP contribution in [0, 0.1) is 16.7 Å². The molecule has 1 heterocycles. The van der Waals surface area contributed by atoms with Crippen molar-refractivity contribution < 1.29 is 29.6 Å². The number of carboxylic acid groups (broad SMARTS) is 1. The average Bonchev–Trinajstić information content (AvgIpc) is 3.19. The highest BCUT2D eigenvalue weighted by atomic mass is 32.1. The highest BCUT2D eigenvalue weighted by molar-refractivity contribution is 7.15. The molecule has 2 aliphatic carbocycles. The number of nitrogens with zero attached hydrogens (tertiary/aromatic N) is 1. The highest BCUT2D eigenvalue weighted by Gasteiger charge is 2.59. The number of fused-ring (bicyclic) bond motifs is 2. The largest absolute Gasteiger partial charge is 0.497 e. The molecule has 33 heavy (non-hydrogen) atoms. The molecule has 0 bridgehead atoms. The number of amides is 1. The van der Waals surface area contributed by atoms with Gasteiger partial charge in [-0.25, -0.2) is 4.98 Å². The zero-order valence-electron chi connectivity index (χ0n) is 19.0. The Balaban J connectivity index is 1.68. The molecule has 9 heteroatoms. The van der Waals surface area contributed by atoms with E-state index < -0.39 is 22.9 Å². The molecule has 4 N–H and O–H groups in total. The summed E-state index contributed by atoms with van der Waals surface area (Å²) in [6.45, 7) is 3.77. The number of carbonyl (C=O) groups is 2. The summed E-state index contributed by atoms with van der Waals surface area (Å²) in [6, 6.07) is 6.74. The fourth-order valence-corrected chi connectivity index (χ4v) is 6.85. The number of carboxylic acids is 1. The number of rotatable bonds is 6. The third-order valence-corrected chi connectivity index (χ3v) is 8.85. The Morgan fingerprint density at radius 3 is 2.58 bits per heavy atom. The van der Waals surface area contributed by atoms with Crippen molar-refractivity contribution in [1.82, 2.24) is 4.98 Å². The molecule has 8 nitrogen and oxygen atoms in total. The molecular formula is C24H30N2O6S. The standard InChI is InChI=1S/C24H30N2O6S/c1-23-9-8-18(28)24(2,12-27)17(23)11-16-20(15(23)10-19(29)30)25-22(33-16)26-21(31)13-4-6-14(32-3)7-5-13/h4-7,15,17-18,27-28H,8-12H2,1-3H3,(H,29,30)(H,25,26,31). The minimum absolute atomic E-state index is 0.0901. The Labute approximate surface area is 196 Å². The Hall–Kier alpha value is -2.49. The summed E-state index contributed by atoms with van der Waals surface area (Å²) < 4.78 is 5.13. The van der Waals surface area contributed by atoms with Crippen LogP contribution in [0.25, 0.3) is 0 Å². The molecule has 0 spiro atoms. The number of hydrogen-bond acceptors (Lipinski definition) is 7. The van der Waals surface area contributed by atoms with Gasteiger partial charge >= 0.3 is 5.97 Å². The number of aliphatic hydroxyl groups is 2. The lowest BCUT2D eigenvalue weighted by Crippen LogP contribution is -2.57. The summed E-state index contributed by atoms with van der Waals surface area (Å²) in [6.07, 6.45) is 0.978. The van der Waals surface area contributed by atoms with Gasteiger partial charge in [0.15, 0.2) is 5.13 Å². The van der Waals surface area contributed by atoms with Crippen LogP contribution in [0.3, 0.4) is 0 Å². The maximum atomic E-state index is 12.7. The molecular weight excluding hydrogens is 444 g/mol. The number of hydrogen-bond donors (Lipinski definition) is 4. The summed E-state index contributed by atoms with van der Waals surface area (Å²) in [7, 11) is 1.56. The Kier molecular flexibility index (Phi) is 6.24. The summed E-state index contributed by atoms with van der Waals surface area (Å²) in [5.74, 6) is -1.05. The lowest BCUT2D eigenvalue weighted by atomic mass is 9.47. The molecule has 5 unspecified atom stereocenters. The van der Waals surface area contributed by atoms with Crippen molar-refractivity contribution in [2.24, 2.45) is 16.7 Å². The minimum Gasteiger partial charge on any atom is -0.497 e. The van der Waals surface area contributed by atoms with Crippen LogP contribution < -0.4 is 10.1 Å². The van der Waals surface area contributed by atoms with Gasteiger partial charge in [-0.15, -0.1) is 11.3 Å². The predicted octanol–water partition coefficient (Wildman–Crippen LogP) is 3.29. The van der Waals surface area contributed by atoms with E-state index in [0.29, 0.717) is 41.4 Å². The number of carbonyl (C=O) groups excluding carboxylic acids is 1. The zero-order valence-corrected chi connectivity index (χ0v) is 19.8. The van der Waals surface area contributed by atoms with Crippen LogP contribution in [0.1, 0.15) is 60.0 Å². The molecule has 5 atom stereocenters. The highest BCUT2D eigenvalue weighted by Crippen LogP contribution is 2.62. The number of methoxy groups -OCH3 is 1. The van der Waals surface area contributed by atoms with E-state index in [9.17, 15) is 24.9 Å². The molecule has 4 rings (SSSR count).